The van der Waals surface area contributed by atoms with Crippen molar-refractivity contribution in [3.8, 4) is 0 Å². The molecular weight excluding hydrogens is 252 g/mol. The van der Waals surface area contributed by atoms with Crippen molar-refractivity contribution >= 4 is 11.8 Å². The van der Waals surface area contributed by atoms with Gasteiger partial charge in [-0.3, -0.25) is 9.59 Å². The number of hydrogen-bond donors (Lipinski definition) is 1. The van der Waals surface area contributed by atoms with Gasteiger partial charge in [0.25, 0.3) is 0 Å². The number of nitrogens with one attached hydrogen (secondary N) is 1. The second-order valence-electron chi connectivity index (χ2n) is 6.99. The molecule has 2 rings (SSSR count). The lowest BCUT2D eigenvalue weighted by atomic mass is 9.89. The second kappa shape index (κ2) is 5.74. The Labute approximate surface area is 122 Å². The smallest absolute Gasteiger partial charge is 0.249 e. The van der Waals surface area contributed by atoms with Crippen LogP contribution in [0.3, 0.4) is 0 Å². The van der Waals surface area contributed by atoms with Crippen LogP contribution in [0.2, 0.25) is 0 Å². The Morgan fingerprint density at radius 2 is 1.80 bits per heavy atom. The molecule has 20 heavy (non-hydrogen) atoms. The Morgan fingerprint density at radius 3 is 2.35 bits per heavy atom. The summed E-state index contributed by atoms with van der Waals surface area (Å²) in [5.41, 5.74) is -0.588. The van der Waals surface area contributed by atoms with Gasteiger partial charge >= 0.3 is 0 Å². The van der Waals surface area contributed by atoms with Gasteiger partial charge in [0.05, 0.1) is 0 Å². The number of amides is 2. The standard InChI is InChI=1S/C16H28N2O2/c1-11(2)7-8-12(3)18-13(4)14(19)17-16(15(18)20)9-5-6-10-16/h11-13H,5-10H2,1-4H3,(H,17,19). The number of carbonyl (C=O) groups excluding carboxylic acids is 2. The topological polar surface area (TPSA) is 49.4 Å². The van der Waals surface area contributed by atoms with E-state index in [1.807, 2.05) is 11.8 Å². The molecule has 1 aliphatic carbocycles. The van der Waals surface area contributed by atoms with E-state index in [2.05, 4.69) is 26.1 Å². The lowest BCUT2D eigenvalue weighted by Gasteiger charge is -2.46. The molecule has 0 radical (unpaired) electrons. The zero-order chi connectivity index (χ0) is 14.9. The zero-order valence-electron chi connectivity index (χ0n) is 13.2. The van der Waals surface area contributed by atoms with Gasteiger partial charge < -0.3 is 10.2 Å². The van der Waals surface area contributed by atoms with Gasteiger partial charge in [-0.2, -0.15) is 0 Å². The minimum atomic E-state index is -0.588. The van der Waals surface area contributed by atoms with Crippen molar-refractivity contribution in [2.45, 2.75) is 83.8 Å². The van der Waals surface area contributed by atoms with Crippen molar-refractivity contribution in [1.29, 1.82) is 0 Å². The maximum Gasteiger partial charge on any atom is 0.249 e. The Hall–Kier alpha value is -1.06. The summed E-state index contributed by atoms with van der Waals surface area (Å²) >= 11 is 0. The van der Waals surface area contributed by atoms with Crippen LogP contribution in [0.1, 0.15) is 66.2 Å². The molecule has 0 bridgehead atoms. The molecule has 2 aliphatic rings. The molecule has 1 N–H and O–H groups in total. The number of nitrogens with zero attached hydrogens (tertiary/aromatic N) is 1. The van der Waals surface area contributed by atoms with Crippen LogP contribution < -0.4 is 5.32 Å². The summed E-state index contributed by atoms with van der Waals surface area (Å²) in [6.07, 6.45) is 5.74. The van der Waals surface area contributed by atoms with Crippen LogP contribution in [0.15, 0.2) is 0 Å². The Kier molecular flexibility index (Phi) is 4.40. The molecule has 0 aromatic heterocycles. The average molecular weight is 280 g/mol. The number of piperazine rings is 1. The molecule has 4 nitrogen and oxygen atoms in total. The largest absolute Gasteiger partial charge is 0.340 e. The van der Waals surface area contributed by atoms with E-state index in [1.165, 1.54) is 0 Å². The first-order valence-electron chi connectivity index (χ1n) is 8.02. The van der Waals surface area contributed by atoms with Crippen LogP contribution in [0.5, 0.6) is 0 Å². The normalized spacial score (nSPS) is 27.2. The fourth-order valence-corrected chi connectivity index (χ4v) is 3.56. The van der Waals surface area contributed by atoms with Gasteiger partial charge in [-0.15, -0.1) is 0 Å². The summed E-state index contributed by atoms with van der Waals surface area (Å²) in [7, 11) is 0. The van der Waals surface area contributed by atoms with Gasteiger partial charge in [0.15, 0.2) is 0 Å². The highest BCUT2D eigenvalue weighted by Gasteiger charge is 2.51. The molecule has 1 aliphatic heterocycles. The van der Waals surface area contributed by atoms with Crippen molar-refractivity contribution in [3.63, 3.8) is 0 Å². The van der Waals surface area contributed by atoms with Gasteiger partial charge in [-0.25, -0.2) is 0 Å². The van der Waals surface area contributed by atoms with Crippen molar-refractivity contribution < 1.29 is 9.59 Å². The first-order chi connectivity index (χ1) is 9.37. The third-order valence-corrected chi connectivity index (χ3v) is 4.90. The maximum absolute atomic E-state index is 12.9. The van der Waals surface area contributed by atoms with E-state index in [4.69, 9.17) is 0 Å². The predicted octanol–water partition coefficient (Wildman–Crippen LogP) is 2.47. The summed E-state index contributed by atoms with van der Waals surface area (Å²) in [4.78, 5) is 27.0. The first-order valence-corrected chi connectivity index (χ1v) is 8.02. The summed E-state index contributed by atoms with van der Waals surface area (Å²) in [6.45, 7) is 8.32. The fourth-order valence-electron chi connectivity index (χ4n) is 3.56. The predicted molar refractivity (Wildman–Crippen MR) is 79.2 cm³/mol. The third kappa shape index (κ3) is 2.70. The second-order valence-corrected chi connectivity index (χ2v) is 6.99. The molecule has 2 unspecified atom stereocenters. The first kappa shape index (κ1) is 15.3. The van der Waals surface area contributed by atoms with Gasteiger partial charge in [-0.05, 0) is 45.4 Å². The number of rotatable bonds is 4. The number of hydrogen-bond acceptors (Lipinski definition) is 2. The third-order valence-electron chi connectivity index (χ3n) is 4.90. The van der Waals surface area contributed by atoms with Crippen molar-refractivity contribution in [2.24, 2.45) is 5.92 Å². The minimum absolute atomic E-state index is 0.0166. The van der Waals surface area contributed by atoms with Gasteiger partial charge in [0.2, 0.25) is 11.8 Å². The summed E-state index contributed by atoms with van der Waals surface area (Å²) in [5, 5.41) is 3.01. The monoisotopic (exact) mass is 280 g/mol. The Bertz CT molecular complexity index is 386. The Balaban J connectivity index is 2.15. The molecule has 1 heterocycles. The minimum Gasteiger partial charge on any atom is -0.340 e. The lowest BCUT2D eigenvalue weighted by Crippen LogP contribution is -2.70. The van der Waals surface area contributed by atoms with E-state index in [1.54, 1.807) is 0 Å². The van der Waals surface area contributed by atoms with Crippen LogP contribution in [-0.4, -0.2) is 34.3 Å². The Morgan fingerprint density at radius 1 is 1.20 bits per heavy atom. The van der Waals surface area contributed by atoms with Crippen LogP contribution in [0.25, 0.3) is 0 Å². The summed E-state index contributed by atoms with van der Waals surface area (Å²) in [5.74, 6) is 0.795. The molecule has 114 valence electrons. The van der Waals surface area contributed by atoms with E-state index in [9.17, 15) is 9.59 Å². The quantitative estimate of drug-likeness (QED) is 0.860. The average Bonchev–Trinajstić information content (AvgIpc) is 2.84. The molecule has 1 saturated carbocycles. The highest BCUT2D eigenvalue weighted by atomic mass is 16.2. The van der Waals surface area contributed by atoms with Gasteiger partial charge in [-0.1, -0.05) is 26.7 Å². The molecule has 4 heteroatoms. The molecule has 1 saturated heterocycles. The zero-order valence-corrected chi connectivity index (χ0v) is 13.2. The summed E-state index contributed by atoms with van der Waals surface area (Å²) in [6, 6.07) is -0.195. The van der Waals surface area contributed by atoms with Crippen LogP contribution >= 0.6 is 0 Å². The van der Waals surface area contributed by atoms with E-state index in [-0.39, 0.29) is 23.9 Å². The molecule has 1 spiro atoms. The molecule has 0 aromatic rings. The van der Waals surface area contributed by atoms with Gasteiger partial charge in [0.1, 0.15) is 11.6 Å². The maximum atomic E-state index is 12.9. The lowest BCUT2D eigenvalue weighted by molar-refractivity contribution is -0.156. The van der Waals surface area contributed by atoms with Crippen molar-refractivity contribution in [1.82, 2.24) is 10.2 Å². The summed E-state index contributed by atoms with van der Waals surface area (Å²) < 4.78 is 0. The molecule has 2 atom stereocenters. The van der Waals surface area contributed by atoms with E-state index in [0.717, 1.165) is 38.5 Å². The van der Waals surface area contributed by atoms with E-state index < -0.39 is 5.54 Å². The number of carbonyl (C=O) groups is 2. The van der Waals surface area contributed by atoms with Crippen LogP contribution in [0, 0.1) is 5.92 Å². The van der Waals surface area contributed by atoms with Crippen molar-refractivity contribution in [2.75, 3.05) is 0 Å². The van der Waals surface area contributed by atoms with Crippen LogP contribution in [0.4, 0.5) is 0 Å². The van der Waals surface area contributed by atoms with Crippen molar-refractivity contribution in [3.05, 3.63) is 0 Å². The highest BCUT2D eigenvalue weighted by Crippen LogP contribution is 2.35. The molecular formula is C16H28N2O2. The fraction of sp³-hybridized carbons (Fsp3) is 0.875. The SMILES string of the molecule is CC(C)CCC(C)N1C(=O)C2(CCCC2)NC(=O)C1C. The van der Waals surface area contributed by atoms with E-state index in [0.29, 0.717) is 5.92 Å². The molecule has 0 aromatic carbocycles. The molecule has 2 fully saturated rings. The molecule has 2 amide bonds. The van der Waals surface area contributed by atoms with E-state index >= 15 is 0 Å². The highest BCUT2D eigenvalue weighted by molar-refractivity contribution is 6.00. The van der Waals surface area contributed by atoms with Gasteiger partial charge in [0, 0.05) is 6.04 Å². The van der Waals surface area contributed by atoms with Crippen LogP contribution in [-0.2, 0) is 9.59 Å².